The van der Waals surface area contributed by atoms with Crippen LogP contribution in [-0.2, 0) is 11.2 Å². The van der Waals surface area contributed by atoms with Crippen LogP contribution in [0.25, 0.3) is 0 Å². The highest BCUT2D eigenvalue weighted by atomic mass is 19.4. The third-order valence-corrected chi connectivity index (χ3v) is 2.79. The molecule has 6 heteroatoms. The van der Waals surface area contributed by atoms with E-state index in [1.165, 1.54) is 0 Å². The number of halogens is 3. The Labute approximate surface area is 116 Å². The number of rotatable bonds is 8. The minimum atomic E-state index is -4.31. The smallest absolute Gasteiger partial charge is 0.411 e. The van der Waals surface area contributed by atoms with Crippen LogP contribution in [0.4, 0.5) is 13.2 Å². The minimum Gasteiger partial charge on any atom is -0.497 e. The second kappa shape index (κ2) is 8.11. The Bertz CT molecular complexity index is 376. The van der Waals surface area contributed by atoms with Gasteiger partial charge in [0, 0.05) is 6.61 Å². The third-order valence-electron chi connectivity index (χ3n) is 2.79. The topological polar surface area (TPSA) is 38.7 Å². The van der Waals surface area contributed by atoms with Crippen molar-refractivity contribution >= 4 is 0 Å². The van der Waals surface area contributed by atoms with E-state index in [1.54, 1.807) is 7.11 Å². The lowest BCUT2D eigenvalue weighted by Gasteiger charge is -2.12. The van der Waals surface area contributed by atoms with Crippen molar-refractivity contribution in [2.45, 2.75) is 31.5 Å². The molecule has 0 fully saturated rings. The summed E-state index contributed by atoms with van der Waals surface area (Å²) in [5.41, 5.74) is 1.04. The Morgan fingerprint density at radius 2 is 1.80 bits per heavy atom. The molecule has 0 bridgehead atoms. The zero-order valence-electron chi connectivity index (χ0n) is 11.3. The second-order valence-electron chi connectivity index (χ2n) is 4.50. The molecule has 0 aliphatic heterocycles. The van der Waals surface area contributed by atoms with Crippen molar-refractivity contribution in [3.63, 3.8) is 0 Å². The summed E-state index contributed by atoms with van der Waals surface area (Å²) in [7, 11) is 1.58. The van der Waals surface area contributed by atoms with Gasteiger partial charge < -0.3 is 14.6 Å². The first-order valence-electron chi connectivity index (χ1n) is 6.36. The average molecular weight is 292 g/mol. The van der Waals surface area contributed by atoms with Crippen LogP contribution in [0.15, 0.2) is 24.3 Å². The number of ether oxygens (including phenoxy) is 2. The predicted octanol–water partition coefficient (Wildman–Crippen LogP) is 2.96. The molecule has 0 amide bonds. The normalized spacial score (nSPS) is 13.2. The van der Waals surface area contributed by atoms with Crippen LogP contribution in [0.2, 0.25) is 0 Å². The summed E-state index contributed by atoms with van der Waals surface area (Å²) >= 11 is 0. The number of aliphatic hydroxyl groups excluding tert-OH is 1. The first-order chi connectivity index (χ1) is 9.40. The number of aryl methyl sites for hydroxylation is 1. The highest BCUT2D eigenvalue weighted by Crippen LogP contribution is 2.16. The van der Waals surface area contributed by atoms with Crippen LogP contribution >= 0.6 is 0 Å². The van der Waals surface area contributed by atoms with Crippen molar-refractivity contribution in [2.75, 3.05) is 20.3 Å². The molecule has 0 heterocycles. The predicted molar refractivity (Wildman–Crippen MR) is 68.8 cm³/mol. The Morgan fingerprint density at radius 3 is 2.35 bits per heavy atom. The molecule has 0 aromatic heterocycles. The molecule has 1 atom stereocenters. The highest BCUT2D eigenvalue weighted by Gasteiger charge is 2.27. The van der Waals surface area contributed by atoms with E-state index < -0.39 is 18.9 Å². The number of benzene rings is 1. The second-order valence-corrected chi connectivity index (χ2v) is 4.50. The molecule has 1 unspecified atom stereocenters. The fraction of sp³-hybridized carbons (Fsp3) is 0.571. The Balaban J connectivity index is 2.17. The summed E-state index contributed by atoms with van der Waals surface area (Å²) in [6.07, 6.45) is -3.63. The molecule has 0 saturated carbocycles. The van der Waals surface area contributed by atoms with Crippen molar-refractivity contribution in [3.05, 3.63) is 29.8 Å². The lowest BCUT2D eigenvalue weighted by atomic mass is 10.1. The molecule has 0 aliphatic rings. The quantitative estimate of drug-likeness (QED) is 0.749. The van der Waals surface area contributed by atoms with Gasteiger partial charge in [-0.25, -0.2) is 0 Å². The van der Waals surface area contributed by atoms with Gasteiger partial charge in [-0.05, 0) is 37.0 Å². The molecule has 0 spiro atoms. The van der Waals surface area contributed by atoms with Gasteiger partial charge in [-0.15, -0.1) is 0 Å². The number of alkyl halides is 3. The fourth-order valence-electron chi connectivity index (χ4n) is 1.68. The summed E-state index contributed by atoms with van der Waals surface area (Å²) in [6.45, 7) is -1.36. The lowest BCUT2D eigenvalue weighted by Crippen LogP contribution is -2.19. The van der Waals surface area contributed by atoms with Gasteiger partial charge in [0.05, 0.1) is 13.2 Å². The van der Waals surface area contributed by atoms with Crippen molar-refractivity contribution < 1.29 is 27.8 Å². The molecule has 1 aromatic rings. The van der Waals surface area contributed by atoms with E-state index in [9.17, 15) is 18.3 Å². The molecule has 20 heavy (non-hydrogen) atoms. The Hall–Kier alpha value is -1.27. The standard InChI is InChI=1S/C14H19F3O3/c1-19-13-6-3-11(4-7-13)2-5-12(18)8-9-20-10-14(15,16)17/h3-4,6-7,12,18H,2,5,8-10H2,1H3. The van der Waals surface area contributed by atoms with E-state index in [4.69, 9.17) is 4.74 Å². The molecule has 0 aliphatic carbocycles. The minimum absolute atomic E-state index is 0.0940. The van der Waals surface area contributed by atoms with Gasteiger partial charge in [-0.1, -0.05) is 12.1 Å². The maximum Gasteiger partial charge on any atom is 0.411 e. The molecule has 1 rings (SSSR count). The molecule has 0 radical (unpaired) electrons. The van der Waals surface area contributed by atoms with Gasteiger partial charge in [-0.3, -0.25) is 0 Å². The largest absolute Gasteiger partial charge is 0.497 e. The molecule has 0 saturated heterocycles. The van der Waals surface area contributed by atoms with Gasteiger partial charge in [0.15, 0.2) is 0 Å². The summed E-state index contributed by atoms with van der Waals surface area (Å²) in [5.74, 6) is 0.759. The lowest BCUT2D eigenvalue weighted by molar-refractivity contribution is -0.175. The first kappa shape index (κ1) is 16.8. The van der Waals surface area contributed by atoms with Crippen LogP contribution in [-0.4, -0.2) is 37.7 Å². The van der Waals surface area contributed by atoms with Gasteiger partial charge in [-0.2, -0.15) is 13.2 Å². The van der Waals surface area contributed by atoms with E-state index in [-0.39, 0.29) is 13.0 Å². The average Bonchev–Trinajstić information content (AvgIpc) is 2.41. The number of hydrogen-bond acceptors (Lipinski definition) is 3. The maximum atomic E-state index is 11.8. The molecule has 3 nitrogen and oxygen atoms in total. The molecule has 1 aromatic carbocycles. The summed E-state index contributed by atoms with van der Waals surface area (Å²) in [5, 5.41) is 9.65. The fourth-order valence-corrected chi connectivity index (χ4v) is 1.68. The zero-order chi connectivity index (χ0) is 15.0. The summed E-state index contributed by atoms with van der Waals surface area (Å²) in [6, 6.07) is 7.44. The Morgan fingerprint density at radius 1 is 1.15 bits per heavy atom. The van der Waals surface area contributed by atoms with E-state index >= 15 is 0 Å². The number of methoxy groups -OCH3 is 1. The van der Waals surface area contributed by atoms with E-state index in [0.29, 0.717) is 12.8 Å². The van der Waals surface area contributed by atoms with Crippen LogP contribution < -0.4 is 4.74 Å². The first-order valence-corrected chi connectivity index (χ1v) is 6.36. The van der Waals surface area contributed by atoms with Gasteiger partial charge in [0.25, 0.3) is 0 Å². The SMILES string of the molecule is COc1ccc(CCC(O)CCOCC(F)(F)F)cc1. The van der Waals surface area contributed by atoms with E-state index in [2.05, 4.69) is 4.74 Å². The van der Waals surface area contributed by atoms with Gasteiger partial charge in [0.2, 0.25) is 0 Å². The van der Waals surface area contributed by atoms with E-state index in [0.717, 1.165) is 11.3 Å². The number of hydrogen-bond donors (Lipinski definition) is 1. The van der Waals surface area contributed by atoms with Crippen LogP contribution in [0.5, 0.6) is 5.75 Å². The summed E-state index contributed by atoms with van der Waals surface area (Å²) in [4.78, 5) is 0. The number of aliphatic hydroxyl groups is 1. The van der Waals surface area contributed by atoms with Crippen LogP contribution in [0.3, 0.4) is 0 Å². The van der Waals surface area contributed by atoms with Gasteiger partial charge >= 0.3 is 6.18 Å². The van der Waals surface area contributed by atoms with Crippen molar-refractivity contribution in [3.8, 4) is 5.75 Å². The van der Waals surface area contributed by atoms with Crippen LogP contribution in [0.1, 0.15) is 18.4 Å². The molecular weight excluding hydrogens is 273 g/mol. The highest BCUT2D eigenvalue weighted by molar-refractivity contribution is 5.27. The van der Waals surface area contributed by atoms with Gasteiger partial charge in [0.1, 0.15) is 12.4 Å². The van der Waals surface area contributed by atoms with Crippen molar-refractivity contribution in [1.29, 1.82) is 0 Å². The van der Waals surface area contributed by atoms with Crippen molar-refractivity contribution in [1.82, 2.24) is 0 Å². The maximum absolute atomic E-state index is 11.8. The summed E-state index contributed by atoms with van der Waals surface area (Å²) < 4.78 is 44.9. The van der Waals surface area contributed by atoms with Crippen molar-refractivity contribution in [2.24, 2.45) is 0 Å². The molecular formula is C14H19F3O3. The third kappa shape index (κ3) is 7.35. The Kier molecular flexibility index (Phi) is 6.81. The zero-order valence-corrected chi connectivity index (χ0v) is 11.3. The van der Waals surface area contributed by atoms with Crippen LogP contribution in [0, 0.1) is 0 Å². The molecule has 114 valence electrons. The van der Waals surface area contributed by atoms with E-state index in [1.807, 2.05) is 24.3 Å². The monoisotopic (exact) mass is 292 g/mol. The molecule has 1 N–H and O–H groups in total.